The van der Waals surface area contributed by atoms with E-state index >= 15 is 0 Å². The van der Waals surface area contributed by atoms with Crippen molar-refractivity contribution in [1.29, 1.82) is 0 Å². The summed E-state index contributed by atoms with van der Waals surface area (Å²) in [5.74, 6) is 0.916. The second kappa shape index (κ2) is 5.97. The molecule has 0 unspecified atom stereocenters. The van der Waals surface area contributed by atoms with E-state index in [0.29, 0.717) is 28.4 Å². The van der Waals surface area contributed by atoms with E-state index in [0.717, 1.165) is 0 Å². The summed E-state index contributed by atoms with van der Waals surface area (Å²) in [7, 11) is 3.10. The molecule has 0 bridgehead atoms. The molecule has 0 radical (unpaired) electrons. The van der Waals surface area contributed by atoms with Crippen LogP contribution in [0.4, 0.5) is 11.4 Å². The molecule has 0 atom stereocenters. The molecule has 0 heterocycles. The van der Waals surface area contributed by atoms with Gasteiger partial charge >= 0.3 is 0 Å². The van der Waals surface area contributed by atoms with Crippen molar-refractivity contribution in [2.45, 2.75) is 0 Å². The summed E-state index contributed by atoms with van der Waals surface area (Å²) in [6.45, 7) is 0. The SMILES string of the molecule is COc1cc(NC(=O)c2ccccc2N)cc(OC)c1. The van der Waals surface area contributed by atoms with Crippen LogP contribution in [0.5, 0.6) is 11.5 Å². The quantitative estimate of drug-likeness (QED) is 0.839. The van der Waals surface area contributed by atoms with Crippen molar-refractivity contribution in [3.8, 4) is 11.5 Å². The van der Waals surface area contributed by atoms with Crippen LogP contribution in [0, 0.1) is 0 Å². The van der Waals surface area contributed by atoms with Gasteiger partial charge in [0.2, 0.25) is 0 Å². The lowest BCUT2D eigenvalue weighted by molar-refractivity contribution is 0.102. The van der Waals surface area contributed by atoms with E-state index in [2.05, 4.69) is 5.32 Å². The standard InChI is InChI=1S/C15H16N2O3/c1-19-11-7-10(8-12(9-11)20-2)17-15(18)13-5-3-4-6-14(13)16/h3-9H,16H2,1-2H3,(H,17,18). The molecule has 2 aromatic carbocycles. The summed E-state index contributed by atoms with van der Waals surface area (Å²) in [5.41, 5.74) is 7.21. The number of carbonyl (C=O) groups is 1. The highest BCUT2D eigenvalue weighted by Gasteiger charge is 2.10. The number of rotatable bonds is 4. The van der Waals surface area contributed by atoms with Gasteiger partial charge in [0, 0.05) is 29.6 Å². The maximum absolute atomic E-state index is 12.2. The Labute approximate surface area is 117 Å². The maximum Gasteiger partial charge on any atom is 0.257 e. The van der Waals surface area contributed by atoms with Crippen molar-refractivity contribution in [2.75, 3.05) is 25.3 Å². The monoisotopic (exact) mass is 272 g/mol. The number of benzene rings is 2. The van der Waals surface area contributed by atoms with Crippen molar-refractivity contribution in [1.82, 2.24) is 0 Å². The first-order valence-corrected chi connectivity index (χ1v) is 6.03. The Hall–Kier alpha value is -2.69. The molecule has 1 amide bonds. The van der Waals surface area contributed by atoms with Gasteiger partial charge in [-0.25, -0.2) is 0 Å². The van der Waals surface area contributed by atoms with Gasteiger partial charge < -0.3 is 20.5 Å². The lowest BCUT2D eigenvalue weighted by Gasteiger charge is -2.10. The van der Waals surface area contributed by atoms with Gasteiger partial charge in [-0.1, -0.05) is 12.1 Å². The van der Waals surface area contributed by atoms with E-state index in [1.54, 1.807) is 56.7 Å². The van der Waals surface area contributed by atoms with Crippen molar-refractivity contribution in [2.24, 2.45) is 0 Å². The van der Waals surface area contributed by atoms with Crippen molar-refractivity contribution in [3.05, 3.63) is 48.0 Å². The van der Waals surface area contributed by atoms with Crippen molar-refractivity contribution < 1.29 is 14.3 Å². The number of ether oxygens (including phenoxy) is 2. The van der Waals surface area contributed by atoms with E-state index in [1.807, 2.05) is 0 Å². The highest BCUT2D eigenvalue weighted by atomic mass is 16.5. The predicted molar refractivity (Wildman–Crippen MR) is 78.4 cm³/mol. The first-order valence-electron chi connectivity index (χ1n) is 6.03. The van der Waals surface area contributed by atoms with Gasteiger partial charge in [-0.15, -0.1) is 0 Å². The number of hydrogen-bond acceptors (Lipinski definition) is 4. The minimum absolute atomic E-state index is 0.279. The fourth-order valence-corrected chi connectivity index (χ4v) is 1.78. The zero-order valence-electron chi connectivity index (χ0n) is 11.3. The zero-order valence-corrected chi connectivity index (χ0v) is 11.3. The summed E-state index contributed by atoms with van der Waals surface area (Å²) in [4.78, 5) is 12.2. The molecule has 0 saturated carbocycles. The third kappa shape index (κ3) is 3.00. The number of carbonyl (C=O) groups excluding carboxylic acids is 1. The van der Waals surface area contributed by atoms with Crippen LogP contribution < -0.4 is 20.5 Å². The normalized spacial score (nSPS) is 9.90. The van der Waals surface area contributed by atoms with Crippen molar-refractivity contribution >= 4 is 17.3 Å². The van der Waals surface area contributed by atoms with Gasteiger partial charge in [-0.3, -0.25) is 4.79 Å². The molecule has 5 nitrogen and oxygen atoms in total. The van der Waals surface area contributed by atoms with E-state index < -0.39 is 0 Å². The van der Waals surface area contributed by atoms with Gasteiger partial charge in [0.1, 0.15) is 11.5 Å². The largest absolute Gasteiger partial charge is 0.497 e. The van der Waals surface area contributed by atoms with Gasteiger partial charge in [0.05, 0.1) is 19.8 Å². The smallest absolute Gasteiger partial charge is 0.257 e. The van der Waals surface area contributed by atoms with Crippen molar-refractivity contribution in [3.63, 3.8) is 0 Å². The molecule has 0 aliphatic heterocycles. The minimum Gasteiger partial charge on any atom is -0.497 e. The number of anilines is 2. The average Bonchev–Trinajstić information content (AvgIpc) is 2.47. The summed E-state index contributed by atoms with van der Waals surface area (Å²) in [5, 5.41) is 2.77. The second-order valence-electron chi connectivity index (χ2n) is 4.14. The molecule has 2 rings (SSSR count). The van der Waals surface area contributed by atoms with Crippen LogP contribution in [-0.2, 0) is 0 Å². The third-order valence-corrected chi connectivity index (χ3v) is 2.81. The minimum atomic E-state index is -0.279. The fraction of sp³-hybridized carbons (Fsp3) is 0.133. The molecule has 0 aliphatic carbocycles. The topological polar surface area (TPSA) is 73.6 Å². The van der Waals surface area contributed by atoms with Crippen LogP contribution in [0.15, 0.2) is 42.5 Å². The Balaban J connectivity index is 2.26. The third-order valence-electron chi connectivity index (χ3n) is 2.81. The highest BCUT2D eigenvalue weighted by Crippen LogP contribution is 2.26. The Bertz CT molecular complexity index is 604. The van der Waals surface area contributed by atoms with Crippen LogP contribution in [0.25, 0.3) is 0 Å². The second-order valence-corrected chi connectivity index (χ2v) is 4.14. The van der Waals surface area contributed by atoms with Gasteiger partial charge in [-0.2, -0.15) is 0 Å². The van der Waals surface area contributed by atoms with Gasteiger partial charge in [0.25, 0.3) is 5.91 Å². The molecule has 0 fully saturated rings. The predicted octanol–water partition coefficient (Wildman–Crippen LogP) is 2.54. The summed E-state index contributed by atoms with van der Waals surface area (Å²) in [6.07, 6.45) is 0. The van der Waals surface area contributed by atoms with Crippen LogP contribution in [0.2, 0.25) is 0 Å². The van der Waals surface area contributed by atoms with Crippen LogP contribution in [0.1, 0.15) is 10.4 Å². The molecule has 2 aromatic rings. The number of methoxy groups -OCH3 is 2. The Kier molecular flexibility index (Phi) is 4.10. The van der Waals surface area contributed by atoms with E-state index in [4.69, 9.17) is 15.2 Å². The van der Waals surface area contributed by atoms with Gasteiger partial charge in [-0.05, 0) is 12.1 Å². The van der Waals surface area contributed by atoms with E-state index in [1.165, 1.54) is 0 Å². The molecule has 0 saturated heterocycles. The first-order chi connectivity index (χ1) is 9.63. The molecule has 0 aliphatic rings. The Morgan fingerprint density at radius 2 is 1.65 bits per heavy atom. The van der Waals surface area contributed by atoms with Crippen LogP contribution >= 0.6 is 0 Å². The summed E-state index contributed by atoms with van der Waals surface area (Å²) < 4.78 is 10.3. The maximum atomic E-state index is 12.2. The summed E-state index contributed by atoms with van der Waals surface area (Å²) in [6, 6.07) is 12.0. The average molecular weight is 272 g/mol. The zero-order chi connectivity index (χ0) is 14.5. The number of para-hydroxylation sites is 1. The molecule has 0 spiro atoms. The molecule has 0 aromatic heterocycles. The number of nitrogens with two attached hydrogens (primary N) is 1. The molecule has 3 N–H and O–H groups in total. The molecular formula is C15H16N2O3. The molecule has 20 heavy (non-hydrogen) atoms. The van der Waals surface area contributed by atoms with Gasteiger partial charge in [0.15, 0.2) is 0 Å². The number of nitrogen functional groups attached to an aromatic ring is 1. The Morgan fingerprint density at radius 1 is 1.05 bits per heavy atom. The lowest BCUT2D eigenvalue weighted by Crippen LogP contribution is -2.14. The molecule has 5 heteroatoms. The number of nitrogens with one attached hydrogen (secondary N) is 1. The van der Waals surface area contributed by atoms with E-state index in [-0.39, 0.29) is 5.91 Å². The Morgan fingerprint density at radius 3 is 2.20 bits per heavy atom. The van der Waals surface area contributed by atoms with Crippen LogP contribution in [-0.4, -0.2) is 20.1 Å². The van der Waals surface area contributed by atoms with E-state index in [9.17, 15) is 4.79 Å². The highest BCUT2D eigenvalue weighted by molar-refractivity contribution is 6.07. The first kappa shape index (κ1) is 13.7. The number of hydrogen-bond donors (Lipinski definition) is 2. The van der Waals surface area contributed by atoms with Crippen LogP contribution in [0.3, 0.4) is 0 Å². The summed E-state index contributed by atoms with van der Waals surface area (Å²) >= 11 is 0. The number of amides is 1. The molecule has 104 valence electrons. The molecular weight excluding hydrogens is 256 g/mol. The lowest BCUT2D eigenvalue weighted by atomic mass is 10.1. The fourth-order valence-electron chi connectivity index (χ4n) is 1.78.